The van der Waals surface area contributed by atoms with Crippen molar-refractivity contribution in [1.29, 1.82) is 0 Å². The van der Waals surface area contributed by atoms with Gasteiger partial charge in [0.2, 0.25) is 15.9 Å². The third kappa shape index (κ3) is 4.71. The van der Waals surface area contributed by atoms with Gasteiger partial charge in [0, 0.05) is 31.1 Å². The maximum absolute atomic E-state index is 13.2. The first-order chi connectivity index (χ1) is 15.7. The van der Waals surface area contributed by atoms with Gasteiger partial charge in [0.05, 0.1) is 10.3 Å². The number of fused-ring (bicyclic) bond motifs is 1. The van der Waals surface area contributed by atoms with E-state index in [0.717, 1.165) is 32.8 Å². The molecule has 1 aliphatic heterocycles. The number of amides is 1. The Morgan fingerprint density at radius 2 is 1.85 bits per heavy atom. The van der Waals surface area contributed by atoms with Crippen molar-refractivity contribution < 1.29 is 17.6 Å². The van der Waals surface area contributed by atoms with E-state index in [0.29, 0.717) is 25.3 Å². The van der Waals surface area contributed by atoms with E-state index in [9.17, 15) is 17.6 Å². The first kappa shape index (κ1) is 23.5. The monoisotopic (exact) mass is 491 g/mol. The Bertz CT molecular complexity index is 1280. The number of anilines is 1. The molecular weight excluding hydrogens is 465 g/mol. The van der Waals surface area contributed by atoms with E-state index in [2.05, 4.69) is 15.3 Å². The lowest BCUT2D eigenvalue weighted by Crippen LogP contribution is -2.43. The summed E-state index contributed by atoms with van der Waals surface area (Å²) in [6, 6.07) is 4.26. The molecule has 3 aromatic rings. The minimum atomic E-state index is -3.75. The van der Waals surface area contributed by atoms with Gasteiger partial charge in [-0.15, -0.1) is 11.3 Å². The van der Waals surface area contributed by atoms with Crippen molar-refractivity contribution in [2.24, 2.45) is 0 Å². The number of sulfonamides is 1. The molecule has 3 heterocycles. The highest BCUT2D eigenvalue weighted by atomic mass is 32.2. The SMILES string of the molecule is Cc1sc2ncnc(NC(C)C(=O)N3CCCN(S(=O)(=O)c4ccc(F)cc4)CC3)c2c1C. The first-order valence-corrected chi connectivity index (χ1v) is 13.0. The van der Waals surface area contributed by atoms with Gasteiger partial charge in [0.15, 0.2) is 0 Å². The number of carbonyl (C=O) groups excluding carboxylic acids is 1. The van der Waals surface area contributed by atoms with Gasteiger partial charge in [-0.1, -0.05) is 0 Å². The molecular formula is C22H26FN5O3S2. The standard InChI is InChI=1S/C22H26FN5O3S2/c1-14-16(3)32-21-19(14)20(24-13-25-21)26-15(2)22(29)27-9-4-10-28(12-11-27)33(30,31)18-7-5-17(23)6-8-18/h5-8,13,15H,4,9-12H2,1-3H3,(H,24,25,26). The number of carbonyl (C=O) groups is 1. The second-order valence-corrected chi connectivity index (χ2v) is 11.2. The summed E-state index contributed by atoms with van der Waals surface area (Å²) in [5.41, 5.74) is 1.09. The van der Waals surface area contributed by atoms with Crippen LogP contribution in [-0.4, -0.2) is 65.7 Å². The lowest BCUT2D eigenvalue weighted by molar-refractivity contribution is -0.131. The quantitative estimate of drug-likeness (QED) is 0.589. The van der Waals surface area contributed by atoms with Crippen LogP contribution in [0.2, 0.25) is 0 Å². The minimum Gasteiger partial charge on any atom is -0.358 e. The van der Waals surface area contributed by atoms with E-state index < -0.39 is 21.9 Å². The Morgan fingerprint density at radius 1 is 1.12 bits per heavy atom. The van der Waals surface area contributed by atoms with Crippen LogP contribution in [0.5, 0.6) is 0 Å². The largest absolute Gasteiger partial charge is 0.358 e. The van der Waals surface area contributed by atoms with Gasteiger partial charge >= 0.3 is 0 Å². The topological polar surface area (TPSA) is 95.5 Å². The normalized spacial score (nSPS) is 16.5. The molecule has 176 valence electrons. The summed E-state index contributed by atoms with van der Waals surface area (Å²) in [6.45, 7) is 7.03. The maximum Gasteiger partial charge on any atom is 0.244 e. The highest BCUT2D eigenvalue weighted by Crippen LogP contribution is 2.32. The fourth-order valence-electron chi connectivity index (χ4n) is 3.94. The molecule has 1 amide bonds. The Kier molecular flexibility index (Phi) is 6.64. The van der Waals surface area contributed by atoms with Crippen LogP contribution in [0.4, 0.5) is 10.2 Å². The third-order valence-corrected chi connectivity index (χ3v) is 8.94. The van der Waals surface area contributed by atoms with Gasteiger partial charge in [-0.25, -0.2) is 22.8 Å². The molecule has 0 saturated carbocycles. The second-order valence-electron chi connectivity index (χ2n) is 8.09. The second kappa shape index (κ2) is 9.32. The van der Waals surface area contributed by atoms with E-state index >= 15 is 0 Å². The van der Waals surface area contributed by atoms with E-state index in [1.807, 2.05) is 13.8 Å². The van der Waals surface area contributed by atoms with Gasteiger partial charge in [0.1, 0.15) is 28.8 Å². The number of benzene rings is 1. The zero-order valence-electron chi connectivity index (χ0n) is 18.7. The number of hydrogen-bond acceptors (Lipinski definition) is 7. The van der Waals surface area contributed by atoms with Crippen molar-refractivity contribution >= 4 is 43.3 Å². The predicted octanol–water partition coefficient (Wildman–Crippen LogP) is 3.17. The Morgan fingerprint density at radius 3 is 2.58 bits per heavy atom. The molecule has 0 bridgehead atoms. The number of halogens is 1. The highest BCUT2D eigenvalue weighted by Gasteiger charge is 2.30. The average Bonchev–Trinajstić information content (AvgIpc) is 2.95. The van der Waals surface area contributed by atoms with Crippen molar-refractivity contribution in [1.82, 2.24) is 19.2 Å². The molecule has 1 aliphatic rings. The van der Waals surface area contributed by atoms with E-state index in [1.165, 1.54) is 22.8 Å². The van der Waals surface area contributed by atoms with Crippen LogP contribution in [0.25, 0.3) is 10.2 Å². The number of nitrogens with zero attached hydrogens (tertiary/aromatic N) is 4. The minimum absolute atomic E-state index is 0.0490. The molecule has 0 aliphatic carbocycles. The van der Waals surface area contributed by atoms with Gasteiger partial charge in [0.25, 0.3) is 0 Å². The molecule has 2 aromatic heterocycles. The van der Waals surface area contributed by atoms with Crippen LogP contribution < -0.4 is 5.32 Å². The summed E-state index contributed by atoms with van der Waals surface area (Å²) >= 11 is 1.59. The highest BCUT2D eigenvalue weighted by molar-refractivity contribution is 7.89. The lowest BCUT2D eigenvalue weighted by Gasteiger charge is -2.25. The number of nitrogens with one attached hydrogen (secondary N) is 1. The van der Waals surface area contributed by atoms with Gasteiger partial charge in [-0.3, -0.25) is 4.79 Å². The van der Waals surface area contributed by atoms with Crippen molar-refractivity contribution in [3.8, 4) is 0 Å². The van der Waals surface area contributed by atoms with E-state index in [1.54, 1.807) is 23.2 Å². The molecule has 0 radical (unpaired) electrons. The molecule has 1 aromatic carbocycles. The number of thiophene rings is 1. The average molecular weight is 492 g/mol. The van der Waals surface area contributed by atoms with Gasteiger partial charge < -0.3 is 10.2 Å². The van der Waals surface area contributed by atoms with Crippen LogP contribution in [0, 0.1) is 19.7 Å². The summed E-state index contributed by atoms with van der Waals surface area (Å²) in [5.74, 6) is 0.0160. The Labute approximate surface area is 196 Å². The molecule has 1 saturated heterocycles. The van der Waals surface area contributed by atoms with Crippen LogP contribution in [0.3, 0.4) is 0 Å². The summed E-state index contributed by atoms with van der Waals surface area (Å²) in [7, 11) is -3.75. The van der Waals surface area contributed by atoms with Crippen LogP contribution in [0.15, 0.2) is 35.5 Å². The molecule has 1 N–H and O–H groups in total. The number of aromatic nitrogens is 2. The smallest absolute Gasteiger partial charge is 0.244 e. The van der Waals surface area contributed by atoms with Crippen LogP contribution >= 0.6 is 11.3 Å². The fourth-order valence-corrected chi connectivity index (χ4v) is 6.41. The fraction of sp³-hybridized carbons (Fsp3) is 0.409. The Balaban J connectivity index is 1.45. The number of aryl methyl sites for hydroxylation is 2. The maximum atomic E-state index is 13.2. The zero-order valence-corrected chi connectivity index (χ0v) is 20.3. The number of hydrogen-bond donors (Lipinski definition) is 1. The van der Waals surface area contributed by atoms with E-state index in [-0.39, 0.29) is 23.9 Å². The summed E-state index contributed by atoms with van der Waals surface area (Å²) < 4.78 is 40.4. The number of rotatable bonds is 5. The van der Waals surface area contributed by atoms with E-state index in [4.69, 9.17) is 0 Å². The lowest BCUT2D eigenvalue weighted by atomic mass is 10.2. The summed E-state index contributed by atoms with van der Waals surface area (Å²) in [6.07, 6.45) is 2.00. The predicted molar refractivity (Wildman–Crippen MR) is 126 cm³/mol. The van der Waals surface area contributed by atoms with Crippen molar-refractivity contribution in [2.45, 2.75) is 38.1 Å². The van der Waals surface area contributed by atoms with Gasteiger partial charge in [-0.2, -0.15) is 4.31 Å². The first-order valence-electron chi connectivity index (χ1n) is 10.7. The van der Waals surface area contributed by atoms with Crippen molar-refractivity contribution in [3.05, 3.63) is 46.9 Å². The molecule has 1 fully saturated rings. The van der Waals surface area contributed by atoms with Crippen molar-refractivity contribution in [2.75, 3.05) is 31.5 Å². The molecule has 11 heteroatoms. The van der Waals surface area contributed by atoms with Crippen molar-refractivity contribution in [3.63, 3.8) is 0 Å². The Hall–Kier alpha value is -2.63. The molecule has 1 atom stereocenters. The van der Waals surface area contributed by atoms with Gasteiger partial charge in [-0.05, 0) is 57.0 Å². The summed E-state index contributed by atoms with van der Waals surface area (Å²) in [5, 5.41) is 4.15. The molecule has 8 nitrogen and oxygen atoms in total. The van der Waals surface area contributed by atoms with Crippen LogP contribution in [0.1, 0.15) is 23.8 Å². The molecule has 33 heavy (non-hydrogen) atoms. The third-order valence-electron chi connectivity index (χ3n) is 5.91. The summed E-state index contributed by atoms with van der Waals surface area (Å²) in [4.78, 5) is 25.6. The molecule has 0 spiro atoms. The zero-order chi connectivity index (χ0) is 23.8. The molecule has 1 unspecified atom stereocenters. The van der Waals surface area contributed by atoms with Crippen LogP contribution in [-0.2, 0) is 14.8 Å². The molecule has 4 rings (SSSR count).